The lowest BCUT2D eigenvalue weighted by molar-refractivity contribution is 0.269. The number of benzene rings is 1. The number of piperidine rings is 1. The van der Waals surface area contributed by atoms with Crippen molar-refractivity contribution in [2.75, 3.05) is 18.0 Å². The van der Waals surface area contributed by atoms with E-state index < -0.39 is 0 Å². The molecule has 6 heteroatoms. The Labute approximate surface area is 170 Å². The zero-order valence-electron chi connectivity index (χ0n) is 17.1. The second-order valence-corrected chi connectivity index (χ2v) is 7.80. The normalized spacial score (nSPS) is 16.6. The first kappa shape index (κ1) is 19.1. The first-order valence-corrected chi connectivity index (χ1v) is 9.98. The summed E-state index contributed by atoms with van der Waals surface area (Å²) in [4.78, 5) is 6.46. The van der Waals surface area contributed by atoms with Crippen LogP contribution in [0.25, 0.3) is 11.7 Å². The number of nitriles is 1. The Hall–Kier alpha value is -3.20. The van der Waals surface area contributed by atoms with Gasteiger partial charge in [-0.25, -0.2) is 0 Å². The lowest BCUT2D eigenvalue weighted by Crippen LogP contribution is -2.34. The minimum absolute atomic E-state index is 0.304. The summed E-state index contributed by atoms with van der Waals surface area (Å²) < 4.78 is 17.7. The molecule has 2 aromatic heterocycles. The van der Waals surface area contributed by atoms with Gasteiger partial charge in [-0.2, -0.15) is 10.2 Å². The Morgan fingerprint density at radius 2 is 2.10 bits per heavy atom. The van der Waals surface area contributed by atoms with Crippen LogP contribution in [0.2, 0.25) is 0 Å². The Bertz CT molecular complexity index is 1040. The molecule has 0 amide bonds. The van der Waals surface area contributed by atoms with Crippen LogP contribution in [-0.4, -0.2) is 18.1 Å². The van der Waals surface area contributed by atoms with E-state index >= 15 is 0 Å². The minimum atomic E-state index is 0.304. The van der Waals surface area contributed by atoms with Gasteiger partial charge in [-0.05, 0) is 61.9 Å². The second-order valence-electron chi connectivity index (χ2n) is 7.80. The van der Waals surface area contributed by atoms with Crippen LogP contribution in [-0.2, 0) is 6.61 Å². The number of hydrogen-bond acceptors (Lipinski definition) is 6. The molecule has 1 aliphatic rings. The lowest BCUT2D eigenvalue weighted by atomic mass is 10.0. The van der Waals surface area contributed by atoms with E-state index in [2.05, 4.69) is 28.9 Å². The number of aromatic nitrogens is 1. The van der Waals surface area contributed by atoms with Gasteiger partial charge in [0.1, 0.15) is 24.2 Å². The number of ether oxygens (including phenoxy) is 1. The van der Waals surface area contributed by atoms with Gasteiger partial charge in [0.05, 0.1) is 0 Å². The number of nitrogens with zero attached hydrogens (tertiary/aromatic N) is 3. The third-order valence-corrected chi connectivity index (χ3v) is 5.25. The van der Waals surface area contributed by atoms with Gasteiger partial charge in [0.25, 0.3) is 5.89 Å². The van der Waals surface area contributed by atoms with Crippen molar-refractivity contribution >= 4 is 5.88 Å². The van der Waals surface area contributed by atoms with Gasteiger partial charge in [-0.15, -0.1) is 0 Å². The second kappa shape index (κ2) is 8.04. The molecular weight excluding hydrogens is 366 g/mol. The van der Waals surface area contributed by atoms with E-state index in [0.717, 1.165) is 36.4 Å². The molecule has 1 atom stereocenters. The lowest BCUT2D eigenvalue weighted by Gasteiger charge is -2.30. The van der Waals surface area contributed by atoms with Crippen LogP contribution in [0.1, 0.15) is 42.3 Å². The van der Waals surface area contributed by atoms with Gasteiger partial charge < -0.3 is 18.5 Å². The van der Waals surface area contributed by atoms with E-state index in [-0.39, 0.29) is 0 Å². The summed E-state index contributed by atoms with van der Waals surface area (Å²) in [6, 6.07) is 11.9. The van der Waals surface area contributed by atoms with Crippen molar-refractivity contribution < 1.29 is 13.6 Å². The molecule has 1 saturated heterocycles. The standard InChI is InChI=1S/C23H25N3O3/c1-15-6-7-17(3)21(11-15)27-14-18-8-9-20(28-18)22-25-19(12-24)23(29-22)26-10-4-5-16(2)13-26/h6-9,11,16H,4-5,10,13-14H2,1-3H3/t16-/m1/s1. The monoisotopic (exact) mass is 391 g/mol. The van der Waals surface area contributed by atoms with Crippen LogP contribution in [0.4, 0.5) is 5.88 Å². The summed E-state index contributed by atoms with van der Waals surface area (Å²) in [7, 11) is 0. The molecule has 0 unspecified atom stereocenters. The summed E-state index contributed by atoms with van der Waals surface area (Å²) in [6.07, 6.45) is 2.28. The van der Waals surface area contributed by atoms with Crippen LogP contribution in [0, 0.1) is 31.1 Å². The fraction of sp³-hybridized carbons (Fsp3) is 0.391. The summed E-state index contributed by atoms with van der Waals surface area (Å²) in [6.45, 7) is 8.32. The van der Waals surface area contributed by atoms with Crippen molar-refractivity contribution in [1.82, 2.24) is 4.98 Å². The molecule has 0 radical (unpaired) electrons. The number of furan rings is 1. The molecule has 150 valence electrons. The fourth-order valence-electron chi connectivity index (χ4n) is 3.66. The smallest absolute Gasteiger partial charge is 0.266 e. The number of aryl methyl sites for hydroxylation is 2. The SMILES string of the molecule is Cc1ccc(C)c(OCc2ccc(-c3nc(C#N)c(N4CCC[C@@H](C)C4)o3)o2)c1. The average molecular weight is 391 g/mol. The molecule has 0 saturated carbocycles. The van der Waals surface area contributed by atoms with Crippen molar-refractivity contribution in [1.29, 1.82) is 5.26 Å². The molecule has 3 aromatic rings. The van der Waals surface area contributed by atoms with Crippen molar-refractivity contribution in [2.45, 2.75) is 40.2 Å². The Morgan fingerprint density at radius 3 is 2.90 bits per heavy atom. The number of anilines is 1. The highest BCUT2D eigenvalue weighted by Gasteiger charge is 2.25. The van der Waals surface area contributed by atoms with E-state index in [1.165, 1.54) is 6.42 Å². The van der Waals surface area contributed by atoms with Crippen LogP contribution in [0.15, 0.2) is 39.2 Å². The molecule has 1 aromatic carbocycles. The van der Waals surface area contributed by atoms with Crippen LogP contribution in [0.3, 0.4) is 0 Å². The molecule has 3 heterocycles. The quantitative estimate of drug-likeness (QED) is 0.592. The van der Waals surface area contributed by atoms with Gasteiger partial charge in [0.15, 0.2) is 5.76 Å². The van der Waals surface area contributed by atoms with Crippen molar-refractivity contribution in [3.63, 3.8) is 0 Å². The zero-order chi connectivity index (χ0) is 20.4. The Kier molecular flexibility index (Phi) is 5.30. The number of oxazole rings is 1. The molecule has 0 bridgehead atoms. The maximum atomic E-state index is 9.49. The average Bonchev–Trinajstić information content (AvgIpc) is 3.35. The van der Waals surface area contributed by atoms with Crippen LogP contribution < -0.4 is 9.64 Å². The third kappa shape index (κ3) is 4.14. The summed E-state index contributed by atoms with van der Waals surface area (Å²) in [5.74, 6) is 3.45. The molecule has 0 N–H and O–H groups in total. The molecule has 1 aliphatic heterocycles. The Balaban J connectivity index is 1.50. The first-order valence-electron chi connectivity index (χ1n) is 9.98. The van der Waals surface area contributed by atoms with Gasteiger partial charge in [-0.3, -0.25) is 0 Å². The molecular formula is C23H25N3O3. The third-order valence-electron chi connectivity index (χ3n) is 5.25. The van der Waals surface area contributed by atoms with E-state index in [1.54, 1.807) is 6.07 Å². The molecule has 29 heavy (non-hydrogen) atoms. The predicted octanol–water partition coefficient (Wildman–Crippen LogP) is 5.24. The van der Waals surface area contributed by atoms with Crippen LogP contribution >= 0.6 is 0 Å². The topological polar surface area (TPSA) is 75.4 Å². The molecule has 0 aliphatic carbocycles. The van der Waals surface area contributed by atoms with Crippen molar-refractivity contribution in [3.05, 3.63) is 52.9 Å². The fourth-order valence-corrected chi connectivity index (χ4v) is 3.66. The van der Waals surface area contributed by atoms with E-state index in [9.17, 15) is 5.26 Å². The van der Waals surface area contributed by atoms with Gasteiger partial charge in [0, 0.05) is 13.1 Å². The molecule has 0 spiro atoms. The number of hydrogen-bond donors (Lipinski definition) is 0. The summed E-state index contributed by atoms with van der Waals surface area (Å²) in [5, 5.41) is 9.49. The minimum Gasteiger partial charge on any atom is -0.485 e. The number of rotatable bonds is 5. The highest BCUT2D eigenvalue weighted by molar-refractivity contribution is 5.56. The maximum absolute atomic E-state index is 9.49. The zero-order valence-corrected chi connectivity index (χ0v) is 17.1. The van der Waals surface area contributed by atoms with Gasteiger partial charge in [-0.1, -0.05) is 19.1 Å². The van der Waals surface area contributed by atoms with E-state index in [1.807, 2.05) is 32.0 Å². The van der Waals surface area contributed by atoms with Crippen molar-refractivity contribution in [2.24, 2.45) is 5.92 Å². The van der Waals surface area contributed by atoms with Crippen molar-refractivity contribution in [3.8, 4) is 23.5 Å². The predicted molar refractivity (Wildman–Crippen MR) is 110 cm³/mol. The van der Waals surface area contributed by atoms with Crippen LogP contribution in [0.5, 0.6) is 5.75 Å². The maximum Gasteiger partial charge on any atom is 0.266 e. The van der Waals surface area contributed by atoms with E-state index in [0.29, 0.717) is 41.5 Å². The van der Waals surface area contributed by atoms with Gasteiger partial charge in [0.2, 0.25) is 11.6 Å². The summed E-state index contributed by atoms with van der Waals surface area (Å²) >= 11 is 0. The van der Waals surface area contributed by atoms with E-state index in [4.69, 9.17) is 13.6 Å². The van der Waals surface area contributed by atoms with Gasteiger partial charge >= 0.3 is 0 Å². The molecule has 6 nitrogen and oxygen atoms in total. The molecule has 4 rings (SSSR count). The highest BCUT2D eigenvalue weighted by atomic mass is 16.5. The molecule has 1 fully saturated rings. The largest absolute Gasteiger partial charge is 0.485 e. The highest BCUT2D eigenvalue weighted by Crippen LogP contribution is 2.32. The first-order chi connectivity index (χ1) is 14.0. The summed E-state index contributed by atoms with van der Waals surface area (Å²) in [5.41, 5.74) is 2.53. The Morgan fingerprint density at radius 1 is 1.24 bits per heavy atom.